The zero-order chi connectivity index (χ0) is 17.1. The van der Waals surface area contributed by atoms with Gasteiger partial charge in [0.15, 0.2) is 5.16 Å². The predicted molar refractivity (Wildman–Crippen MR) is 92.5 cm³/mol. The molecule has 2 N–H and O–H groups in total. The third-order valence-corrected chi connectivity index (χ3v) is 4.50. The summed E-state index contributed by atoms with van der Waals surface area (Å²) in [5, 5.41) is 3.07. The molecule has 2 aromatic rings. The van der Waals surface area contributed by atoms with Crippen LogP contribution < -0.4 is 15.6 Å². The minimum atomic E-state index is -0.369. The van der Waals surface area contributed by atoms with E-state index >= 15 is 0 Å². The summed E-state index contributed by atoms with van der Waals surface area (Å²) in [5.41, 5.74) is 1.02. The maximum atomic E-state index is 12.5. The van der Waals surface area contributed by atoms with Gasteiger partial charge in [-0.05, 0) is 17.7 Å². The highest BCUT2D eigenvalue weighted by atomic mass is 32.2. The summed E-state index contributed by atoms with van der Waals surface area (Å²) < 4.78 is 5.23. The van der Waals surface area contributed by atoms with Gasteiger partial charge < -0.3 is 15.0 Å². The van der Waals surface area contributed by atoms with Crippen molar-refractivity contribution < 1.29 is 9.53 Å². The van der Waals surface area contributed by atoms with Crippen LogP contribution in [-0.2, 0) is 4.79 Å². The fraction of sp³-hybridized carbons (Fsp3) is 0.235. The Morgan fingerprint density at radius 1 is 1.46 bits per heavy atom. The summed E-state index contributed by atoms with van der Waals surface area (Å²) in [4.78, 5) is 31.7. The Bertz CT molecular complexity index is 885. The summed E-state index contributed by atoms with van der Waals surface area (Å²) in [6.45, 7) is 0. The average Bonchev–Trinajstić information content (AvgIpc) is 2.59. The lowest BCUT2D eigenvalue weighted by atomic mass is 9.87. The molecular weight excluding hydrogens is 326 g/mol. The largest absolute Gasteiger partial charge is 0.497 e. The number of H-pyrrole nitrogens is 1. The lowest BCUT2D eigenvalue weighted by molar-refractivity contribution is -0.116. The lowest BCUT2D eigenvalue weighted by Gasteiger charge is -2.24. The number of fused-ring (bicyclic) bond motifs is 1. The zero-order valence-corrected chi connectivity index (χ0v) is 13.8. The molecule has 24 heavy (non-hydrogen) atoms. The molecular formula is C17H15N3O3S. The van der Waals surface area contributed by atoms with Gasteiger partial charge in [-0.2, -0.15) is 0 Å². The Kier molecular flexibility index (Phi) is 4.58. The molecule has 1 aromatic carbocycles. The van der Waals surface area contributed by atoms with Gasteiger partial charge in [0.2, 0.25) is 5.91 Å². The summed E-state index contributed by atoms with van der Waals surface area (Å²) >= 11 is 1.24. The van der Waals surface area contributed by atoms with Crippen LogP contribution in [0.3, 0.4) is 0 Å². The van der Waals surface area contributed by atoms with Gasteiger partial charge in [0.05, 0.1) is 18.4 Å². The number of hydrogen-bond acceptors (Lipinski definition) is 5. The van der Waals surface area contributed by atoms with E-state index in [0.717, 1.165) is 5.56 Å². The van der Waals surface area contributed by atoms with Crippen molar-refractivity contribution in [1.82, 2.24) is 9.97 Å². The van der Waals surface area contributed by atoms with Crippen molar-refractivity contribution in [2.45, 2.75) is 17.5 Å². The number of rotatable bonds is 4. The van der Waals surface area contributed by atoms with E-state index < -0.39 is 0 Å². The minimum absolute atomic E-state index is 0.179. The third kappa shape index (κ3) is 3.14. The third-order valence-electron chi connectivity index (χ3n) is 3.72. The summed E-state index contributed by atoms with van der Waals surface area (Å²) in [7, 11) is 1.57. The van der Waals surface area contributed by atoms with Crippen molar-refractivity contribution in [3.8, 4) is 18.1 Å². The van der Waals surface area contributed by atoms with Crippen LogP contribution in [0.5, 0.6) is 5.75 Å². The van der Waals surface area contributed by atoms with Crippen molar-refractivity contribution in [1.29, 1.82) is 0 Å². The molecule has 0 aliphatic carbocycles. The molecule has 0 spiro atoms. The van der Waals surface area contributed by atoms with E-state index in [2.05, 4.69) is 21.2 Å². The van der Waals surface area contributed by atoms with Gasteiger partial charge in [0.25, 0.3) is 5.56 Å². The molecule has 0 fully saturated rings. The molecule has 6 nitrogen and oxygen atoms in total. The van der Waals surface area contributed by atoms with Gasteiger partial charge in [0, 0.05) is 12.3 Å². The second-order valence-electron chi connectivity index (χ2n) is 5.21. The molecule has 1 atom stereocenters. The standard InChI is InChI=1S/C17H15N3O3S/c1-3-7-24-17-19-15-14(16(22)20-17)12(9-13(21)18-15)10-5-4-6-11(8-10)23-2/h1,4-6,8,12H,7,9H2,2H3,(H2,18,19,20,21,22)/t12-/m0/s1. The Morgan fingerprint density at radius 3 is 3.04 bits per heavy atom. The number of ether oxygens (including phenoxy) is 1. The Labute approximate surface area is 143 Å². The number of terminal acetylenes is 1. The summed E-state index contributed by atoms with van der Waals surface area (Å²) in [5.74, 6) is 3.27. The molecule has 0 saturated heterocycles. The highest BCUT2D eigenvalue weighted by Gasteiger charge is 2.31. The van der Waals surface area contributed by atoms with Crippen LogP contribution in [-0.4, -0.2) is 28.7 Å². The molecule has 0 bridgehead atoms. The first-order chi connectivity index (χ1) is 11.6. The molecule has 7 heteroatoms. The molecule has 3 rings (SSSR count). The number of benzene rings is 1. The van der Waals surface area contributed by atoms with Crippen molar-refractivity contribution in [3.05, 3.63) is 45.7 Å². The van der Waals surface area contributed by atoms with Crippen LogP contribution in [0.15, 0.2) is 34.2 Å². The Morgan fingerprint density at radius 2 is 2.29 bits per heavy atom. The fourth-order valence-corrected chi connectivity index (χ4v) is 3.21. The first-order valence-corrected chi connectivity index (χ1v) is 8.25. The highest BCUT2D eigenvalue weighted by molar-refractivity contribution is 7.99. The molecule has 1 aromatic heterocycles. The number of carbonyl (C=O) groups excluding carboxylic acids is 1. The highest BCUT2D eigenvalue weighted by Crippen LogP contribution is 2.35. The van der Waals surface area contributed by atoms with E-state index in [0.29, 0.717) is 28.0 Å². The molecule has 0 unspecified atom stereocenters. The molecule has 1 aliphatic rings. The first kappa shape index (κ1) is 16.1. The number of aromatic amines is 1. The van der Waals surface area contributed by atoms with E-state index in [1.807, 2.05) is 24.3 Å². The fourth-order valence-electron chi connectivity index (χ4n) is 2.67. The van der Waals surface area contributed by atoms with Crippen LogP contribution in [0.2, 0.25) is 0 Å². The second kappa shape index (κ2) is 6.81. The maximum Gasteiger partial charge on any atom is 0.257 e. The predicted octanol–water partition coefficient (Wildman–Crippen LogP) is 1.98. The van der Waals surface area contributed by atoms with Crippen LogP contribution in [0.25, 0.3) is 0 Å². The van der Waals surface area contributed by atoms with Crippen LogP contribution in [0.1, 0.15) is 23.5 Å². The number of thioether (sulfide) groups is 1. The van der Waals surface area contributed by atoms with Crippen molar-refractivity contribution >= 4 is 23.5 Å². The molecule has 2 heterocycles. The van der Waals surface area contributed by atoms with Crippen LogP contribution in [0, 0.1) is 12.3 Å². The Balaban J connectivity index is 2.07. The van der Waals surface area contributed by atoms with Crippen molar-refractivity contribution in [3.63, 3.8) is 0 Å². The number of nitrogens with one attached hydrogen (secondary N) is 2. The number of anilines is 1. The first-order valence-electron chi connectivity index (χ1n) is 7.26. The van der Waals surface area contributed by atoms with E-state index in [1.165, 1.54) is 11.8 Å². The normalized spacial score (nSPS) is 16.0. The van der Waals surface area contributed by atoms with Gasteiger partial charge in [-0.1, -0.05) is 29.8 Å². The molecule has 122 valence electrons. The monoisotopic (exact) mass is 341 g/mol. The van der Waals surface area contributed by atoms with Crippen molar-refractivity contribution in [2.75, 3.05) is 18.2 Å². The van der Waals surface area contributed by atoms with Crippen molar-refractivity contribution in [2.24, 2.45) is 0 Å². The van der Waals surface area contributed by atoms with Gasteiger partial charge >= 0.3 is 0 Å². The zero-order valence-electron chi connectivity index (χ0n) is 13.0. The quantitative estimate of drug-likeness (QED) is 0.505. The molecule has 0 saturated carbocycles. The SMILES string of the molecule is C#CCSc1nc2c(c(=O)[nH]1)[C@H](c1cccc(OC)c1)CC(=O)N2. The number of carbonyl (C=O) groups is 1. The molecule has 0 radical (unpaired) electrons. The van der Waals surface area contributed by atoms with Gasteiger partial charge in [-0.3, -0.25) is 9.59 Å². The van der Waals surface area contributed by atoms with Crippen LogP contribution >= 0.6 is 11.8 Å². The second-order valence-corrected chi connectivity index (χ2v) is 6.17. The number of aromatic nitrogens is 2. The number of nitrogens with zero attached hydrogens (tertiary/aromatic N) is 1. The molecule has 1 aliphatic heterocycles. The number of methoxy groups -OCH3 is 1. The maximum absolute atomic E-state index is 12.5. The number of hydrogen-bond donors (Lipinski definition) is 2. The van der Waals surface area contributed by atoms with E-state index in [9.17, 15) is 9.59 Å². The van der Waals surface area contributed by atoms with E-state index in [-0.39, 0.29) is 23.8 Å². The average molecular weight is 341 g/mol. The minimum Gasteiger partial charge on any atom is -0.497 e. The summed E-state index contributed by atoms with van der Waals surface area (Å²) in [6, 6.07) is 7.35. The molecule has 1 amide bonds. The Hall–Kier alpha value is -2.72. The van der Waals surface area contributed by atoms with Gasteiger partial charge in [-0.15, -0.1) is 6.42 Å². The van der Waals surface area contributed by atoms with E-state index in [1.54, 1.807) is 7.11 Å². The lowest BCUT2D eigenvalue weighted by Crippen LogP contribution is -2.31. The van der Waals surface area contributed by atoms with Gasteiger partial charge in [-0.25, -0.2) is 4.98 Å². The van der Waals surface area contributed by atoms with E-state index in [4.69, 9.17) is 11.2 Å². The van der Waals surface area contributed by atoms with Crippen LogP contribution in [0.4, 0.5) is 5.82 Å². The summed E-state index contributed by atoms with van der Waals surface area (Å²) in [6.07, 6.45) is 5.41. The topological polar surface area (TPSA) is 84.1 Å². The number of amides is 1. The smallest absolute Gasteiger partial charge is 0.257 e. The van der Waals surface area contributed by atoms with Gasteiger partial charge in [0.1, 0.15) is 11.6 Å².